The minimum absolute atomic E-state index is 0.0230. The first kappa shape index (κ1) is 19.7. The largest absolute Gasteiger partial charge is 0.479 e. The minimum Gasteiger partial charge on any atom is -0.479 e. The number of carbonyl (C=O) groups is 1. The van der Waals surface area contributed by atoms with Crippen LogP contribution in [-0.2, 0) is 11.3 Å². The maximum Gasteiger partial charge on any atom is 0.263 e. The van der Waals surface area contributed by atoms with Crippen molar-refractivity contribution >= 4 is 17.5 Å². The SMILES string of the molecule is Cc1cccc(CN(CC2CCCN2)C(=O)C(C)Oc2ccccc2Cl)c1. The molecular weight excluding hydrogens is 360 g/mol. The van der Waals surface area contributed by atoms with Crippen molar-refractivity contribution in [2.45, 2.75) is 45.4 Å². The van der Waals surface area contributed by atoms with Gasteiger partial charge in [0, 0.05) is 19.1 Å². The lowest BCUT2D eigenvalue weighted by Crippen LogP contribution is -2.45. The highest BCUT2D eigenvalue weighted by Crippen LogP contribution is 2.25. The summed E-state index contributed by atoms with van der Waals surface area (Å²) in [6.07, 6.45) is 1.65. The Morgan fingerprint density at radius 3 is 2.81 bits per heavy atom. The highest BCUT2D eigenvalue weighted by Gasteiger charge is 2.26. The molecule has 0 bridgehead atoms. The number of rotatable bonds is 7. The molecule has 2 atom stereocenters. The molecule has 27 heavy (non-hydrogen) atoms. The second kappa shape index (κ2) is 9.25. The van der Waals surface area contributed by atoms with E-state index in [0.29, 0.717) is 29.9 Å². The fourth-order valence-corrected chi connectivity index (χ4v) is 3.66. The lowest BCUT2D eigenvalue weighted by Gasteiger charge is -2.29. The predicted octanol–water partition coefficient (Wildman–Crippen LogP) is 4.20. The fraction of sp³-hybridized carbons (Fsp3) is 0.409. The van der Waals surface area contributed by atoms with Gasteiger partial charge in [0.05, 0.1) is 5.02 Å². The summed E-state index contributed by atoms with van der Waals surface area (Å²) < 4.78 is 5.87. The van der Waals surface area contributed by atoms with Gasteiger partial charge in [0.2, 0.25) is 0 Å². The molecule has 1 saturated heterocycles. The molecule has 0 aliphatic carbocycles. The molecule has 1 heterocycles. The predicted molar refractivity (Wildman–Crippen MR) is 109 cm³/mol. The molecule has 1 aliphatic heterocycles. The molecule has 0 saturated carbocycles. The molecule has 0 aromatic heterocycles. The van der Waals surface area contributed by atoms with E-state index in [0.717, 1.165) is 24.9 Å². The summed E-state index contributed by atoms with van der Waals surface area (Å²) in [5.41, 5.74) is 2.32. The van der Waals surface area contributed by atoms with Crippen LogP contribution in [0.25, 0.3) is 0 Å². The van der Waals surface area contributed by atoms with Crippen LogP contribution in [0.15, 0.2) is 48.5 Å². The first-order chi connectivity index (χ1) is 13.0. The van der Waals surface area contributed by atoms with Crippen LogP contribution >= 0.6 is 11.6 Å². The standard InChI is InChI=1S/C22H27ClN2O2/c1-16-7-5-8-18(13-16)14-25(15-19-9-6-12-24-19)22(26)17(2)27-21-11-4-3-10-20(21)23/h3-5,7-8,10-11,13,17,19,24H,6,9,12,14-15H2,1-2H3. The third kappa shape index (κ3) is 5.47. The average molecular weight is 387 g/mol. The van der Waals surface area contributed by atoms with Gasteiger partial charge in [0.1, 0.15) is 5.75 Å². The van der Waals surface area contributed by atoms with Crippen LogP contribution in [0.2, 0.25) is 5.02 Å². The van der Waals surface area contributed by atoms with Crippen LogP contribution in [-0.4, -0.2) is 36.0 Å². The number of nitrogens with one attached hydrogen (secondary N) is 1. The highest BCUT2D eigenvalue weighted by molar-refractivity contribution is 6.32. The van der Waals surface area contributed by atoms with Crippen molar-refractivity contribution in [3.63, 3.8) is 0 Å². The number of carbonyl (C=O) groups excluding carboxylic acids is 1. The van der Waals surface area contributed by atoms with Gasteiger partial charge in [0.25, 0.3) is 5.91 Å². The van der Waals surface area contributed by atoms with Crippen molar-refractivity contribution < 1.29 is 9.53 Å². The summed E-state index contributed by atoms with van der Waals surface area (Å²) in [6.45, 7) is 6.13. The number of halogens is 1. The Kier molecular flexibility index (Phi) is 6.75. The summed E-state index contributed by atoms with van der Waals surface area (Å²) in [5, 5.41) is 3.99. The van der Waals surface area contributed by atoms with Gasteiger partial charge < -0.3 is 15.0 Å². The molecule has 1 amide bonds. The highest BCUT2D eigenvalue weighted by atomic mass is 35.5. The quantitative estimate of drug-likeness (QED) is 0.775. The molecule has 2 aromatic rings. The summed E-state index contributed by atoms with van der Waals surface area (Å²) >= 11 is 6.18. The third-order valence-electron chi connectivity index (χ3n) is 4.86. The third-order valence-corrected chi connectivity index (χ3v) is 5.17. The van der Waals surface area contributed by atoms with Gasteiger partial charge in [-0.25, -0.2) is 0 Å². The van der Waals surface area contributed by atoms with Gasteiger partial charge in [0.15, 0.2) is 6.10 Å². The Bertz CT molecular complexity index is 774. The Labute approximate surface area is 166 Å². The number of hydrogen-bond acceptors (Lipinski definition) is 3. The van der Waals surface area contributed by atoms with E-state index in [1.54, 1.807) is 19.1 Å². The van der Waals surface area contributed by atoms with Gasteiger partial charge in [-0.2, -0.15) is 0 Å². The van der Waals surface area contributed by atoms with Crippen molar-refractivity contribution in [3.8, 4) is 5.75 Å². The van der Waals surface area contributed by atoms with Crippen LogP contribution in [0, 0.1) is 6.92 Å². The van der Waals surface area contributed by atoms with E-state index in [-0.39, 0.29) is 5.91 Å². The fourth-order valence-electron chi connectivity index (χ4n) is 3.48. The van der Waals surface area contributed by atoms with Gasteiger partial charge in [-0.15, -0.1) is 0 Å². The molecule has 1 fully saturated rings. The number of benzene rings is 2. The van der Waals surface area contributed by atoms with Crippen LogP contribution in [0.4, 0.5) is 0 Å². The lowest BCUT2D eigenvalue weighted by molar-refractivity contribution is -0.139. The van der Waals surface area contributed by atoms with Crippen molar-refractivity contribution in [1.82, 2.24) is 10.2 Å². The van der Waals surface area contributed by atoms with Crippen molar-refractivity contribution in [1.29, 1.82) is 0 Å². The topological polar surface area (TPSA) is 41.6 Å². The summed E-state index contributed by atoms with van der Waals surface area (Å²) in [5.74, 6) is 0.514. The number of hydrogen-bond donors (Lipinski definition) is 1. The number of ether oxygens (including phenoxy) is 1. The molecule has 1 aliphatic rings. The molecular formula is C22H27ClN2O2. The van der Waals surface area contributed by atoms with Crippen LogP contribution in [0.3, 0.4) is 0 Å². The van der Waals surface area contributed by atoms with Crippen molar-refractivity contribution in [2.24, 2.45) is 0 Å². The van der Waals surface area contributed by atoms with Crippen molar-refractivity contribution in [3.05, 3.63) is 64.7 Å². The average Bonchev–Trinajstić information content (AvgIpc) is 3.15. The van der Waals surface area contributed by atoms with E-state index in [1.807, 2.05) is 23.1 Å². The second-order valence-corrected chi connectivity index (χ2v) is 7.60. The first-order valence-corrected chi connectivity index (χ1v) is 9.89. The normalized spacial score (nSPS) is 17.5. The molecule has 5 heteroatoms. The van der Waals surface area contributed by atoms with E-state index in [9.17, 15) is 4.79 Å². The Balaban J connectivity index is 1.73. The molecule has 3 rings (SSSR count). The van der Waals surface area contributed by atoms with Gasteiger partial charge in [-0.3, -0.25) is 4.79 Å². The smallest absolute Gasteiger partial charge is 0.263 e. The number of amides is 1. The Morgan fingerprint density at radius 1 is 1.30 bits per heavy atom. The van der Waals surface area contributed by atoms with E-state index >= 15 is 0 Å². The Hall–Kier alpha value is -2.04. The maximum atomic E-state index is 13.2. The molecule has 2 unspecified atom stereocenters. The van der Waals surface area contributed by atoms with Gasteiger partial charge in [-0.1, -0.05) is 53.6 Å². The van der Waals surface area contributed by atoms with E-state index < -0.39 is 6.10 Å². The van der Waals surface area contributed by atoms with Gasteiger partial charge >= 0.3 is 0 Å². The Morgan fingerprint density at radius 2 is 2.11 bits per heavy atom. The van der Waals surface area contributed by atoms with E-state index in [4.69, 9.17) is 16.3 Å². The zero-order valence-electron chi connectivity index (χ0n) is 16.0. The molecule has 0 radical (unpaired) electrons. The summed E-state index contributed by atoms with van der Waals surface area (Å²) in [7, 11) is 0. The van der Waals surface area contributed by atoms with Crippen LogP contribution < -0.4 is 10.1 Å². The molecule has 1 N–H and O–H groups in total. The van der Waals surface area contributed by atoms with Crippen LogP contribution in [0.5, 0.6) is 5.75 Å². The monoisotopic (exact) mass is 386 g/mol. The minimum atomic E-state index is -0.601. The van der Waals surface area contributed by atoms with Crippen LogP contribution in [0.1, 0.15) is 30.9 Å². The molecule has 144 valence electrons. The number of nitrogens with zero attached hydrogens (tertiary/aromatic N) is 1. The maximum absolute atomic E-state index is 13.2. The van der Waals surface area contributed by atoms with Crippen molar-refractivity contribution in [2.75, 3.05) is 13.1 Å². The lowest BCUT2D eigenvalue weighted by atomic mass is 10.1. The summed E-state index contributed by atoms with van der Waals surface area (Å²) in [6, 6.07) is 15.9. The molecule has 4 nitrogen and oxygen atoms in total. The van der Waals surface area contributed by atoms with E-state index in [1.165, 1.54) is 5.56 Å². The number of aryl methyl sites for hydroxylation is 1. The zero-order valence-corrected chi connectivity index (χ0v) is 16.7. The second-order valence-electron chi connectivity index (χ2n) is 7.19. The van der Waals surface area contributed by atoms with Gasteiger partial charge in [-0.05, 0) is 50.9 Å². The molecule has 0 spiro atoms. The zero-order chi connectivity index (χ0) is 19.2. The summed E-state index contributed by atoms with van der Waals surface area (Å²) in [4.78, 5) is 15.1. The number of para-hydroxylation sites is 1. The first-order valence-electron chi connectivity index (χ1n) is 9.52. The molecule has 2 aromatic carbocycles. The van der Waals surface area contributed by atoms with E-state index in [2.05, 4.69) is 30.4 Å².